The van der Waals surface area contributed by atoms with Crippen LogP contribution in [0.5, 0.6) is 11.5 Å². The lowest BCUT2D eigenvalue weighted by molar-refractivity contribution is -0.139. The van der Waals surface area contributed by atoms with E-state index in [0.29, 0.717) is 6.54 Å². The highest BCUT2D eigenvalue weighted by atomic mass is 16.5. The number of hydrogen-bond donors (Lipinski definition) is 1. The van der Waals surface area contributed by atoms with Crippen LogP contribution in [-0.2, 0) is 16.0 Å². The standard InChI is InChI=1S/C14H21NO4/c1-10-12(17-2)6-5-11(14(10)19-4)7-8-15-9-13(16)18-3/h5-6,15H,7-9H2,1-4H3. The quantitative estimate of drug-likeness (QED) is 0.596. The maximum Gasteiger partial charge on any atom is 0.319 e. The molecule has 1 N–H and O–H groups in total. The number of rotatable bonds is 7. The number of ether oxygens (including phenoxy) is 3. The molecule has 0 radical (unpaired) electrons. The summed E-state index contributed by atoms with van der Waals surface area (Å²) in [5, 5.41) is 3.02. The smallest absolute Gasteiger partial charge is 0.319 e. The van der Waals surface area contributed by atoms with Crippen molar-refractivity contribution in [3.63, 3.8) is 0 Å². The Labute approximate surface area is 113 Å². The van der Waals surface area contributed by atoms with Crippen LogP contribution in [0.15, 0.2) is 12.1 Å². The molecule has 0 atom stereocenters. The molecule has 0 aromatic heterocycles. The minimum atomic E-state index is -0.266. The first-order chi connectivity index (χ1) is 9.13. The van der Waals surface area contributed by atoms with E-state index in [9.17, 15) is 4.79 Å². The third-order valence-corrected chi connectivity index (χ3v) is 2.93. The number of carbonyl (C=O) groups is 1. The summed E-state index contributed by atoms with van der Waals surface area (Å²) in [7, 11) is 4.66. The van der Waals surface area contributed by atoms with E-state index < -0.39 is 0 Å². The lowest BCUT2D eigenvalue weighted by Gasteiger charge is -2.14. The number of carbonyl (C=O) groups excluding carboxylic acids is 1. The highest BCUT2D eigenvalue weighted by Crippen LogP contribution is 2.31. The van der Waals surface area contributed by atoms with Gasteiger partial charge in [-0.1, -0.05) is 6.07 Å². The van der Waals surface area contributed by atoms with Crippen LogP contribution in [-0.4, -0.2) is 40.4 Å². The minimum absolute atomic E-state index is 0.216. The molecule has 0 aliphatic heterocycles. The molecule has 0 saturated heterocycles. The van der Waals surface area contributed by atoms with Gasteiger partial charge in [-0.2, -0.15) is 0 Å². The zero-order chi connectivity index (χ0) is 14.3. The maximum absolute atomic E-state index is 11.0. The Morgan fingerprint density at radius 3 is 2.53 bits per heavy atom. The van der Waals surface area contributed by atoms with Crippen molar-refractivity contribution in [2.24, 2.45) is 0 Å². The number of esters is 1. The fraction of sp³-hybridized carbons (Fsp3) is 0.500. The van der Waals surface area contributed by atoms with E-state index >= 15 is 0 Å². The molecule has 1 aromatic rings. The second-order valence-electron chi connectivity index (χ2n) is 4.09. The highest BCUT2D eigenvalue weighted by Gasteiger charge is 2.10. The lowest BCUT2D eigenvalue weighted by atomic mass is 10.1. The Bertz CT molecular complexity index is 432. The average Bonchev–Trinajstić information content (AvgIpc) is 2.43. The normalized spacial score (nSPS) is 10.1. The molecular formula is C14H21NO4. The monoisotopic (exact) mass is 267 g/mol. The predicted octanol–water partition coefficient (Wildman–Crippen LogP) is 1.32. The number of methoxy groups -OCH3 is 3. The van der Waals surface area contributed by atoms with Crippen LogP contribution in [0.4, 0.5) is 0 Å². The molecule has 106 valence electrons. The highest BCUT2D eigenvalue weighted by molar-refractivity contribution is 5.71. The molecule has 0 fully saturated rings. The lowest BCUT2D eigenvalue weighted by Crippen LogP contribution is -2.25. The zero-order valence-corrected chi connectivity index (χ0v) is 11.9. The molecule has 0 heterocycles. The summed E-state index contributed by atoms with van der Waals surface area (Å²) < 4.78 is 15.2. The van der Waals surface area contributed by atoms with Crippen LogP contribution in [0.1, 0.15) is 11.1 Å². The van der Waals surface area contributed by atoms with Crippen molar-refractivity contribution in [3.8, 4) is 11.5 Å². The van der Waals surface area contributed by atoms with E-state index in [0.717, 1.165) is 29.0 Å². The molecular weight excluding hydrogens is 246 g/mol. The molecule has 0 bridgehead atoms. The summed E-state index contributed by atoms with van der Waals surface area (Å²) in [6.45, 7) is 2.86. The van der Waals surface area contributed by atoms with Crippen LogP contribution in [0.3, 0.4) is 0 Å². The molecule has 5 nitrogen and oxygen atoms in total. The summed E-state index contributed by atoms with van der Waals surface area (Å²) in [6, 6.07) is 3.90. The fourth-order valence-corrected chi connectivity index (χ4v) is 1.92. The molecule has 0 saturated carbocycles. The molecule has 0 aliphatic carbocycles. The Kier molecular flexibility index (Phi) is 6.15. The van der Waals surface area contributed by atoms with E-state index in [2.05, 4.69) is 10.1 Å². The van der Waals surface area contributed by atoms with Gasteiger partial charge in [0.05, 0.1) is 27.9 Å². The van der Waals surface area contributed by atoms with Crippen molar-refractivity contribution in [1.82, 2.24) is 5.32 Å². The summed E-state index contributed by atoms with van der Waals surface area (Å²) >= 11 is 0. The van der Waals surface area contributed by atoms with E-state index in [-0.39, 0.29) is 12.5 Å². The number of nitrogens with one attached hydrogen (secondary N) is 1. The van der Waals surface area contributed by atoms with E-state index in [1.807, 2.05) is 19.1 Å². The molecule has 0 aliphatic rings. The zero-order valence-electron chi connectivity index (χ0n) is 11.9. The summed E-state index contributed by atoms with van der Waals surface area (Å²) in [5.41, 5.74) is 2.06. The Balaban J connectivity index is 2.63. The van der Waals surface area contributed by atoms with Gasteiger partial charge in [-0.05, 0) is 31.5 Å². The first-order valence-electron chi connectivity index (χ1n) is 6.12. The Morgan fingerprint density at radius 2 is 1.95 bits per heavy atom. The number of benzene rings is 1. The van der Waals surface area contributed by atoms with Crippen LogP contribution < -0.4 is 14.8 Å². The molecule has 19 heavy (non-hydrogen) atoms. The molecule has 0 unspecified atom stereocenters. The SMILES string of the molecule is COC(=O)CNCCc1ccc(OC)c(C)c1OC. The van der Waals surface area contributed by atoms with Gasteiger partial charge in [0.25, 0.3) is 0 Å². The summed E-state index contributed by atoms with van der Waals surface area (Å²) in [4.78, 5) is 11.0. The van der Waals surface area contributed by atoms with E-state index in [4.69, 9.17) is 9.47 Å². The van der Waals surface area contributed by atoms with E-state index in [1.165, 1.54) is 7.11 Å². The maximum atomic E-state index is 11.0. The van der Waals surface area contributed by atoms with Crippen molar-refractivity contribution in [2.75, 3.05) is 34.4 Å². The van der Waals surface area contributed by atoms with Gasteiger partial charge >= 0.3 is 5.97 Å². The average molecular weight is 267 g/mol. The topological polar surface area (TPSA) is 56.8 Å². The van der Waals surface area contributed by atoms with Gasteiger partial charge in [0.1, 0.15) is 11.5 Å². The molecule has 0 spiro atoms. The van der Waals surface area contributed by atoms with Crippen molar-refractivity contribution >= 4 is 5.97 Å². The third-order valence-electron chi connectivity index (χ3n) is 2.93. The fourth-order valence-electron chi connectivity index (χ4n) is 1.92. The van der Waals surface area contributed by atoms with E-state index in [1.54, 1.807) is 14.2 Å². The van der Waals surface area contributed by atoms with Gasteiger partial charge in [-0.15, -0.1) is 0 Å². The van der Waals surface area contributed by atoms with Crippen LogP contribution >= 0.6 is 0 Å². The predicted molar refractivity (Wildman–Crippen MR) is 72.9 cm³/mol. The van der Waals surface area contributed by atoms with Crippen molar-refractivity contribution in [1.29, 1.82) is 0 Å². The van der Waals surface area contributed by atoms with Crippen molar-refractivity contribution < 1.29 is 19.0 Å². The van der Waals surface area contributed by atoms with Gasteiger partial charge in [-0.25, -0.2) is 0 Å². The minimum Gasteiger partial charge on any atom is -0.496 e. The van der Waals surface area contributed by atoms with Crippen LogP contribution in [0.2, 0.25) is 0 Å². The van der Waals surface area contributed by atoms with Crippen LogP contribution in [0.25, 0.3) is 0 Å². The number of hydrogen-bond acceptors (Lipinski definition) is 5. The second kappa shape index (κ2) is 7.63. The Hall–Kier alpha value is -1.75. The Morgan fingerprint density at radius 1 is 1.21 bits per heavy atom. The van der Waals surface area contributed by atoms with Crippen LogP contribution in [0, 0.1) is 6.92 Å². The first kappa shape index (κ1) is 15.3. The molecule has 1 rings (SSSR count). The molecule has 1 aromatic carbocycles. The summed E-state index contributed by atoms with van der Waals surface area (Å²) in [5.74, 6) is 1.38. The second-order valence-corrected chi connectivity index (χ2v) is 4.09. The van der Waals surface area contributed by atoms with Crippen molar-refractivity contribution in [3.05, 3.63) is 23.3 Å². The molecule has 5 heteroatoms. The van der Waals surface area contributed by atoms with Gasteiger partial charge in [-0.3, -0.25) is 4.79 Å². The van der Waals surface area contributed by atoms with Gasteiger partial charge in [0.2, 0.25) is 0 Å². The van der Waals surface area contributed by atoms with Gasteiger partial charge in [0, 0.05) is 5.56 Å². The summed E-state index contributed by atoms with van der Waals surface area (Å²) in [6.07, 6.45) is 0.769. The van der Waals surface area contributed by atoms with Crippen molar-refractivity contribution in [2.45, 2.75) is 13.3 Å². The van der Waals surface area contributed by atoms with Gasteiger partial charge < -0.3 is 19.5 Å². The van der Waals surface area contributed by atoms with Gasteiger partial charge in [0.15, 0.2) is 0 Å². The third kappa shape index (κ3) is 4.13. The first-order valence-corrected chi connectivity index (χ1v) is 6.12. The largest absolute Gasteiger partial charge is 0.496 e. The molecule has 0 amide bonds.